The molecule has 0 aliphatic heterocycles. The smallest absolute Gasteiger partial charge is 0.337 e. The quantitative estimate of drug-likeness (QED) is 0.687. The van der Waals surface area contributed by atoms with Gasteiger partial charge in [0.05, 0.1) is 21.9 Å². The van der Waals surface area contributed by atoms with Crippen LogP contribution in [0.1, 0.15) is 34.8 Å². The Kier molecular flexibility index (Phi) is 3.13. The number of carboxylic acids is 1. The first kappa shape index (κ1) is 13.2. The Morgan fingerprint density at radius 3 is 2.67 bits per heavy atom. The predicted octanol–water partition coefficient (Wildman–Crippen LogP) is 3.23. The third-order valence-electron chi connectivity index (χ3n) is 3.47. The van der Waals surface area contributed by atoms with Gasteiger partial charge in [-0.3, -0.25) is 15.1 Å². The number of nitrogens with zero attached hydrogens (tertiary/aromatic N) is 2. The van der Waals surface area contributed by atoms with Crippen LogP contribution in [0.5, 0.6) is 0 Å². The van der Waals surface area contributed by atoms with Gasteiger partial charge in [-0.25, -0.2) is 4.79 Å². The van der Waals surface area contributed by atoms with Gasteiger partial charge in [0.2, 0.25) is 0 Å². The number of pyridine rings is 1. The molecule has 21 heavy (non-hydrogen) atoms. The first-order valence-corrected chi connectivity index (χ1v) is 6.55. The van der Waals surface area contributed by atoms with Crippen LogP contribution in [0.4, 0.5) is 5.69 Å². The van der Waals surface area contributed by atoms with E-state index < -0.39 is 10.9 Å². The standard InChI is InChI=1S/C15H12N2O4/c18-15(19)12-6-7-13(16-14(12)9-4-5-9)10-2-1-3-11(8-10)17(20)21/h1-3,6-9H,4-5H2,(H,18,19). The maximum absolute atomic E-state index is 11.2. The number of rotatable bonds is 4. The Hall–Kier alpha value is -2.76. The average Bonchev–Trinajstić information content (AvgIpc) is 3.31. The SMILES string of the molecule is O=C(O)c1ccc(-c2cccc([N+](=O)[O-])c2)nc1C1CC1. The lowest BCUT2D eigenvalue weighted by Gasteiger charge is -2.07. The summed E-state index contributed by atoms with van der Waals surface area (Å²) in [6.45, 7) is 0. The summed E-state index contributed by atoms with van der Waals surface area (Å²) >= 11 is 0. The van der Waals surface area contributed by atoms with Crippen molar-refractivity contribution in [2.75, 3.05) is 0 Å². The molecule has 1 N–H and O–H groups in total. The summed E-state index contributed by atoms with van der Waals surface area (Å²) in [6.07, 6.45) is 1.87. The van der Waals surface area contributed by atoms with E-state index in [1.165, 1.54) is 18.2 Å². The minimum Gasteiger partial charge on any atom is -0.478 e. The molecule has 6 heteroatoms. The van der Waals surface area contributed by atoms with Gasteiger partial charge in [0.15, 0.2) is 0 Å². The second-order valence-electron chi connectivity index (χ2n) is 5.02. The average molecular weight is 284 g/mol. The molecule has 0 unspecified atom stereocenters. The van der Waals surface area contributed by atoms with Gasteiger partial charge in [-0.15, -0.1) is 0 Å². The maximum Gasteiger partial charge on any atom is 0.337 e. The summed E-state index contributed by atoms with van der Waals surface area (Å²) in [5, 5.41) is 20.0. The third-order valence-corrected chi connectivity index (χ3v) is 3.47. The lowest BCUT2D eigenvalue weighted by Crippen LogP contribution is -2.04. The van der Waals surface area contributed by atoms with Crippen LogP contribution < -0.4 is 0 Å². The molecular weight excluding hydrogens is 272 g/mol. The van der Waals surface area contributed by atoms with E-state index in [2.05, 4.69) is 4.98 Å². The van der Waals surface area contributed by atoms with Crippen molar-refractivity contribution in [3.8, 4) is 11.3 Å². The van der Waals surface area contributed by atoms with Crippen LogP contribution >= 0.6 is 0 Å². The van der Waals surface area contributed by atoms with Gasteiger partial charge in [0.1, 0.15) is 0 Å². The van der Waals surface area contributed by atoms with Gasteiger partial charge in [0, 0.05) is 23.6 Å². The Labute approximate surface area is 120 Å². The van der Waals surface area contributed by atoms with Crippen LogP contribution in [0, 0.1) is 10.1 Å². The molecule has 1 fully saturated rings. The third kappa shape index (κ3) is 2.60. The monoisotopic (exact) mass is 284 g/mol. The van der Waals surface area contributed by atoms with Crippen LogP contribution in [-0.2, 0) is 0 Å². The van der Waals surface area contributed by atoms with Crippen molar-refractivity contribution < 1.29 is 14.8 Å². The summed E-state index contributed by atoms with van der Waals surface area (Å²) < 4.78 is 0. The minimum atomic E-state index is -0.991. The summed E-state index contributed by atoms with van der Waals surface area (Å²) in [4.78, 5) is 26.0. The lowest BCUT2D eigenvalue weighted by molar-refractivity contribution is -0.384. The van der Waals surface area contributed by atoms with Crippen molar-refractivity contribution >= 4 is 11.7 Å². The summed E-state index contributed by atoms with van der Waals surface area (Å²) in [5.74, 6) is -0.801. The molecular formula is C15H12N2O4. The highest BCUT2D eigenvalue weighted by atomic mass is 16.6. The van der Waals surface area contributed by atoms with E-state index in [0.717, 1.165) is 12.8 Å². The Bertz CT molecular complexity index is 738. The van der Waals surface area contributed by atoms with Gasteiger partial charge in [-0.1, -0.05) is 12.1 Å². The number of hydrogen-bond acceptors (Lipinski definition) is 4. The molecule has 1 aliphatic rings. The number of aromatic nitrogens is 1. The number of carboxylic acid groups (broad SMARTS) is 1. The first-order chi connectivity index (χ1) is 10.1. The fourth-order valence-corrected chi connectivity index (χ4v) is 2.26. The largest absolute Gasteiger partial charge is 0.478 e. The number of aromatic carboxylic acids is 1. The molecule has 0 saturated heterocycles. The van der Waals surface area contributed by atoms with Crippen LogP contribution in [0.25, 0.3) is 11.3 Å². The number of carbonyl (C=O) groups is 1. The molecule has 6 nitrogen and oxygen atoms in total. The first-order valence-electron chi connectivity index (χ1n) is 6.55. The van der Waals surface area contributed by atoms with Gasteiger partial charge in [-0.05, 0) is 25.0 Å². The zero-order chi connectivity index (χ0) is 15.0. The summed E-state index contributed by atoms with van der Waals surface area (Å²) in [5.41, 5.74) is 1.96. The molecule has 1 aromatic carbocycles. The van der Waals surface area contributed by atoms with Crippen molar-refractivity contribution in [1.82, 2.24) is 4.98 Å². The Morgan fingerprint density at radius 2 is 2.05 bits per heavy atom. The molecule has 1 aliphatic carbocycles. The zero-order valence-electron chi connectivity index (χ0n) is 11.0. The van der Waals surface area contributed by atoms with Crippen LogP contribution in [0.15, 0.2) is 36.4 Å². The van der Waals surface area contributed by atoms with Crippen LogP contribution in [0.2, 0.25) is 0 Å². The van der Waals surface area contributed by atoms with Crippen molar-refractivity contribution in [2.24, 2.45) is 0 Å². The molecule has 106 valence electrons. The van der Waals surface area contributed by atoms with Crippen molar-refractivity contribution in [3.63, 3.8) is 0 Å². The molecule has 1 saturated carbocycles. The number of nitro groups is 1. The molecule has 3 rings (SSSR count). The fourth-order valence-electron chi connectivity index (χ4n) is 2.26. The van der Waals surface area contributed by atoms with Crippen molar-refractivity contribution in [1.29, 1.82) is 0 Å². The second kappa shape index (κ2) is 4.97. The predicted molar refractivity (Wildman–Crippen MR) is 75.3 cm³/mol. The van der Waals surface area contributed by atoms with Gasteiger partial charge >= 0.3 is 5.97 Å². The van der Waals surface area contributed by atoms with E-state index in [1.807, 2.05) is 0 Å². The van der Waals surface area contributed by atoms with Crippen molar-refractivity contribution in [2.45, 2.75) is 18.8 Å². The highest BCUT2D eigenvalue weighted by Gasteiger charge is 2.30. The zero-order valence-corrected chi connectivity index (χ0v) is 11.0. The molecule has 0 amide bonds. The maximum atomic E-state index is 11.2. The Balaban J connectivity index is 2.07. The summed E-state index contributed by atoms with van der Waals surface area (Å²) in [6, 6.07) is 9.30. The topological polar surface area (TPSA) is 93.3 Å². The van der Waals surface area contributed by atoms with E-state index in [9.17, 15) is 20.0 Å². The molecule has 1 heterocycles. The van der Waals surface area contributed by atoms with Gasteiger partial charge < -0.3 is 5.11 Å². The number of nitro benzene ring substituents is 1. The normalized spacial score (nSPS) is 13.9. The molecule has 0 spiro atoms. The molecule has 0 radical (unpaired) electrons. The molecule has 0 bridgehead atoms. The molecule has 2 aromatic rings. The number of non-ortho nitro benzene ring substituents is 1. The number of benzene rings is 1. The Morgan fingerprint density at radius 1 is 1.29 bits per heavy atom. The molecule has 1 aromatic heterocycles. The van der Waals surface area contributed by atoms with E-state index in [4.69, 9.17) is 0 Å². The second-order valence-corrected chi connectivity index (χ2v) is 5.02. The van der Waals surface area contributed by atoms with Crippen LogP contribution in [0.3, 0.4) is 0 Å². The van der Waals surface area contributed by atoms with Crippen molar-refractivity contribution in [3.05, 3.63) is 57.8 Å². The van der Waals surface area contributed by atoms with E-state index in [-0.39, 0.29) is 17.2 Å². The molecule has 0 atom stereocenters. The van der Waals surface area contributed by atoms with E-state index in [0.29, 0.717) is 17.0 Å². The number of hydrogen-bond donors (Lipinski definition) is 1. The minimum absolute atomic E-state index is 0.00965. The van der Waals surface area contributed by atoms with E-state index in [1.54, 1.807) is 18.2 Å². The lowest BCUT2D eigenvalue weighted by atomic mass is 10.1. The van der Waals surface area contributed by atoms with E-state index >= 15 is 0 Å². The van der Waals surface area contributed by atoms with Gasteiger partial charge in [0.25, 0.3) is 5.69 Å². The van der Waals surface area contributed by atoms with Gasteiger partial charge in [-0.2, -0.15) is 0 Å². The summed E-state index contributed by atoms with van der Waals surface area (Å²) in [7, 11) is 0. The highest BCUT2D eigenvalue weighted by molar-refractivity contribution is 5.89. The van der Waals surface area contributed by atoms with Crippen LogP contribution in [-0.4, -0.2) is 21.0 Å². The highest BCUT2D eigenvalue weighted by Crippen LogP contribution is 2.41. The fraction of sp³-hybridized carbons (Fsp3) is 0.200.